The van der Waals surface area contributed by atoms with Gasteiger partial charge in [0.05, 0.1) is 11.1 Å². The Balaban J connectivity index is 2.39. The zero-order chi connectivity index (χ0) is 8.84. The van der Waals surface area contributed by atoms with Crippen molar-refractivity contribution in [3.63, 3.8) is 0 Å². The van der Waals surface area contributed by atoms with Crippen LogP contribution in [0.4, 0.5) is 0 Å². The van der Waals surface area contributed by atoms with Crippen LogP contribution in [-0.2, 0) is 0 Å². The molecule has 1 nitrogen and oxygen atoms in total. The third-order valence-corrected chi connectivity index (χ3v) is 2.62. The molecule has 1 unspecified atom stereocenters. The average molecular weight is 165 g/mol. The average Bonchev–Trinajstić information content (AvgIpc) is 2.91. The lowest BCUT2D eigenvalue weighted by atomic mass is 10.1. The van der Waals surface area contributed by atoms with Crippen molar-refractivity contribution >= 4 is 10.8 Å². The van der Waals surface area contributed by atoms with Crippen molar-refractivity contribution in [1.29, 1.82) is 0 Å². The van der Waals surface area contributed by atoms with Gasteiger partial charge in [0.15, 0.2) is 0 Å². The quantitative estimate of drug-likeness (QED) is 0.528. The van der Waals surface area contributed by atoms with Crippen LogP contribution in [0, 0.1) is 6.57 Å². The Morgan fingerprint density at radius 1 is 1.08 bits per heavy atom. The Morgan fingerprint density at radius 3 is 2.77 bits per heavy atom. The first-order valence-electron chi connectivity index (χ1n) is 4.30. The smallest absolute Gasteiger partial charge is 0.275 e. The molecular formula is C12H7N. The van der Waals surface area contributed by atoms with Gasteiger partial charge in [-0.1, -0.05) is 30.3 Å². The molecule has 0 saturated carbocycles. The summed E-state index contributed by atoms with van der Waals surface area (Å²) < 4.78 is 0. The van der Waals surface area contributed by atoms with Crippen molar-refractivity contribution in [3.8, 4) is 0 Å². The monoisotopic (exact) mass is 165 g/mol. The number of rotatable bonds is 0. The van der Waals surface area contributed by atoms with Gasteiger partial charge in [0.25, 0.3) is 6.04 Å². The lowest BCUT2D eigenvalue weighted by Gasteiger charge is -1.91. The van der Waals surface area contributed by atoms with E-state index in [1.165, 1.54) is 21.9 Å². The Morgan fingerprint density at radius 2 is 1.92 bits per heavy atom. The van der Waals surface area contributed by atoms with E-state index in [0.29, 0.717) is 0 Å². The van der Waals surface area contributed by atoms with Crippen LogP contribution in [0.5, 0.6) is 0 Å². The maximum atomic E-state index is 7.01. The Kier molecular flexibility index (Phi) is 1.08. The number of hydrogen-bond donors (Lipinski definition) is 0. The fraction of sp³-hybridized carbons (Fsp3) is 0.0833. The molecule has 1 atom stereocenters. The largest absolute Gasteiger partial charge is 0.303 e. The summed E-state index contributed by atoms with van der Waals surface area (Å²) >= 11 is 0. The molecule has 0 heterocycles. The topological polar surface area (TPSA) is 4.36 Å². The maximum absolute atomic E-state index is 7.01. The third-order valence-electron chi connectivity index (χ3n) is 2.62. The first-order valence-corrected chi connectivity index (χ1v) is 4.30. The second kappa shape index (κ2) is 2.11. The molecule has 2 aromatic rings. The second-order valence-electron chi connectivity index (χ2n) is 3.32. The number of benzene rings is 2. The van der Waals surface area contributed by atoms with Gasteiger partial charge in [-0.3, -0.25) is 0 Å². The predicted molar refractivity (Wildman–Crippen MR) is 52.4 cm³/mol. The van der Waals surface area contributed by atoms with Crippen molar-refractivity contribution in [1.82, 2.24) is 0 Å². The summed E-state index contributed by atoms with van der Waals surface area (Å²) in [5.41, 5.74) is 2.46. The molecular weight excluding hydrogens is 158 g/mol. The molecule has 0 saturated heterocycles. The molecule has 60 valence electrons. The van der Waals surface area contributed by atoms with Crippen LogP contribution >= 0.6 is 0 Å². The molecule has 1 heteroatoms. The van der Waals surface area contributed by atoms with Crippen molar-refractivity contribution < 1.29 is 0 Å². The third kappa shape index (κ3) is 0.750. The van der Waals surface area contributed by atoms with Gasteiger partial charge in [-0.05, 0) is 16.8 Å². The van der Waals surface area contributed by atoms with E-state index >= 15 is 0 Å². The van der Waals surface area contributed by atoms with Gasteiger partial charge in [0, 0.05) is 0 Å². The van der Waals surface area contributed by atoms with Gasteiger partial charge < -0.3 is 4.85 Å². The van der Waals surface area contributed by atoms with Crippen molar-refractivity contribution in [2.24, 2.45) is 0 Å². The predicted octanol–water partition coefficient (Wildman–Crippen LogP) is 3.16. The summed E-state index contributed by atoms with van der Waals surface area (Å²) in [6, 6.07) is 12.5. The Bertz CT molecular complexity index is 534. The van der Waals surface area contributed by atoms with Crippen LogP contribution in [0.15, 0.2) is 36.4 Å². The van der Waals surface area contributed by atoms with E-state index in [9.17, 15) is 0 Å². The normalized spacial score (nSPS) is 17.9. The highest BCUT2D eigenvalue weighted by atomic mass is 14.8. The van der Waals surface area contributed by atoms with Gasteiger partial charge in [0.1, 0.15) is 0 Å². The van der Waals surface area contributed by atoms with Crippen LogP contribution in [0.2, 0.25) is 0 Å². The highest BCUT2D eigenvalue weighted by Crippen LogP contribution is 2.48. The van der Waals surface area contributed by atoms with Gasteiger partial charge in [0.2, 0.25) is 0 Å². The molecule has 3 rings (SSSR count). The van der Waals surface area contributed by atoms with E-state index in [0.717, 1.165) is 0 Å². The molecule has 0 amide bonds. The summed E-state index contributed by atoms with van der Waals surface area (Å²) in [5, 5.41) is 2.49. The minimum atomic E-state index is 0.0555. The molecule has 2 aromatic carbocycles. The summed E-state index contributed by atoms with van der Waals surface area (Å²) in [6.45, 7) is 7.01. The van der Waals surface area contributed by atoms with E-state index in [1.807, 2.05) is 12.1 Å². The van der Waals surface area contributed by atoms with Gasteiger partial charge >= 0.3 is 0 Å². The van der Waals surface area contributed by atoms with E-state index in [-0.39, 0.29) is 6.04 Å². The van der Waals surface area contributed by atoms with E-state index in [2.05, 4.69) is 29.1 Å². The minimum Gasteiger partial charge on any atom is -0.303 e. The summed E-state index contributed by atoms with van der Waals surface area (Å²) in [7, 11) is 0. The van der Waals surface area contributed by atoms with E-state index < -0.39 is 0 Å². The zero-order valence-electron chi connectivity index (χ0n) is 6.99. The number of fused-ring (bicyclic) bond motifs is 3. The van der Waals surface area contributed by atoms with E-state index in [4.69, 9.17) is 6.57 Å². The fourth-order valence-electron chi connectivity index (χ4n) is 1.91. The molecule has 0 spiro atoms. The minimum absolute atomic E-state index is 0.0555. The molecule has 0 aliphatic heterocycles. The van der Waals surface area contributed by atoms with Crippen molar-refractivity contribution in [2.75, 3.05) is 0 Å². The fourth-order valence-corrected chi connectivity index (χ4v) is 1.91. The lowest BCUT2D eigenvalue weighted by molar-refractivity contribution is 1.31. The summed E-state index contributed by atoms with van der Waals surface area (Å²) in [5.74, 6) is 0. The second-order valence-corrected chi connectivity index (χ2v) is 3.32. The molecule has 0 radical (unpaired) electrons. The van der Waals surface area contributed by atoms with Crippen LogP contribution < -0.4 is 0 Å². The first-order chi connectivity index (χ1) is 6.42. The van der Waals surface area contributed by atoms with Crippen molar-refractivity contribution in [2.45, 2.75) is 6.04 Å². The molecule has 0 aromatic heterocycles. The number of nitrogens with zero attached hydrogens (tertiary/aromatic N) is 1. The highest BCUT2D eigenvalue weighted by molar-refractivity contribution is 5.92. The van der Waals surface area contributed by atoms with Crippen LogP contribution in [0.3, 0.4) is 0 Å². The SMILES string of the molecule is [C-]#[N+]C1c2ccc3ccccc3c21. The Hall–Kier alpha value is -1.81. The lowest BCUT2D eigenvalue weighted by Crippen LogP contribution is -1.68. The van der Waals surface area contributed by atoms with Gasteiger partial charge in [-0.2, -0.15) is 0 Å². The van der Waals surface area contributed by atoms with E-state index in [1.54, 1.807) is 0 Å². The molecule has 1 aliphatic carbocycles. The number of hydrogen-bond acceptors (Lipinski definition) is 0. The Labute approximate surface area is 76.4 Å². The maximum Gasteiger partial charge on any atom is 0.275 e. The van der Waals surface area contributed by atoms with Crippen molar-refractivity contribution in [3.05, 3.63) is 58.9 Å². The molecule has 13 heavy (non-hydrogen) atoms. The molecule has 0 fully saturated rings. The van der Waals surface area contributed by atoms with Gasteiger partial charge in [-0.15, -0.1) is 0 Å². The van der Waals surface area contributed by atoms with Crippen LogP contribution in [-0.4, -0.2) is 0 Å². The molecule has 1 aliphatic rings. The highest BCUT2D eigenvalue weighted by Gasteiger charge is 2.40. The molecule has 0 bridgehead atoms. The van der Waals surface area contributed by atoms with Crippen LogP contribution in [0.25, 0.3) is 15.6 Å². The first kappa shape index (κ1) is 6.68. The standard InChI is InChI=1S/C12H7N/c1-13-12-10-7-6-8-4-2-3-5-9(8)11(10)12/h2-7,12H. The molecule has 0 N–H and O–H groups in total. The zero-order valence-corrected chi connectivity index (χ0v) is 6.99. The summed E-state index contributed by atoms with van der Waals surface area (Å²) in [6.07, 6.45) is 0. The summed E-state index contributed by atoms with van der Waals surface area (Å²) in [4.78, 5) is 3.57. The van der Waals surface area contributed by atoms with Crippen LogP contribution in [0.1, 0.15) is 17.2 Å². The van der Waals surface area contributed by atoms with Gasteiger partial charge in [-0.25, -0.2) is 6.57 Å².